The number of aromatic nitrogens is 5. The molecule has 0 fully saturated rings. The van der Waals surface area contributed by atoms with E-state index in [2.05, 4.69) is 15.3 Å². The Morgan fingerprint density at radius 3 is 2.79 bits per heavy atom. The van der Waals surface area contributed by atoms with Crippen molar-refractivity contribution in [1.82, 2.24) is 24.5 Å². The molecule has 0 saturated heterocycles. The molecule has 2 heterocycles. The Kier molecular flexibility index (Phi) is 6.62. The van der Waals surface area contributed by atoms with Crippen molar-refractivity contribution in [3.05, 3.63) is 6.20 Å². The van der Waals surface area contributed by atoms with Crippen LogP contribution in [0.4, 0.5) is 0 Å². The fraction of sp³-hybridized carbons (Fsp3) is 0.571. The van der Waals surface area contributed by atoms with Crippen molar-refractivity contribution >= 4 is 17.7 Å². The number of ether oxygens (including phenoxy) is 2. The standard InChI is InChI=1S/C14H22N6O3S/c1-4-19-8-10(13(18-19)23-5-2)12-16-17-14(24-9-11(15)21)20(12)6-7-22-3/h8H,4-7,9H2,1-3H3,(H2,15,21). The molecule has 0 aliphatic heterocycles. The maximum absolute atomic E-state index is 11.0. The number of carbonyl (C=O) groups excluding carboxylic acids is 1. The number of nitrogens with two attached hydrogens (primary N) is 1. The number of amides is 1. The summed E-state index contributed by atoms with van der Waals surface area (Å²) in [6.45, 7) is 6.15. The molecule has 0 radical (unpaired) electrons. The molecule has 2 rings (SSSR count). The minimum atomic E-state index is -0.406. The van der Waals surface area contributed by atoms with Crippen molar-refractivity contribution in [2.45, 2.75) is 32.1 Å². The van der Waals surface area contributed by atoms with Gasteiger partial charge in [0.05, 0.1) is 25.5 Å². The lowest BCUT2D eigenvalue weighted by atomic mass is 10.3. The molecule has 9 nitrogen and oxygen atoms in total. The van der Waals surface area contributed by atoms with Gasteiger partial charge in [0.1, 0.15) is 5.56 Å². The first-order valence-electron chi connectivity index (χ1n) is 7.64. The van der Waals surface area contributed by atoms with E-state index >= 15 is 0 Å². The second kappa shape index (κ2) is 8.69. The van der Waals surface area contributed by atoms with Gasteiger partial charge in [-0.1, -0.05) is 11.8 Å². The molecular weight excluding hydrogens is 332 g/mol. The average Bonchev–Trinajstić information content (AvgIpc) is 3.14. The van der Waals surface area contributed by atoms with Crippen LogP contribution in [0.25, 0.3) is 11.4 Å². The number of carbonyl (C=O) groups is 1. The summed E-state index contributed by atoms with van der Waals surface area (Å²) in [5.41, 5.74) is 5.98. The molecule has 0 aromatic carbocycles. The molecule has 10 heteroatoms. The largest absolute Gasteiger partial charge is 0.476 e. The minimum absolute atomic E-state index is 0.137. The van der Waals surface area contributed by atoms with Crippen LogP contribution in [0.3, 0.4) is 0 Å². The fourth-order valence-electron chi connectivity index (χ4n) is 2.08. The summed E-state index contributed by atoms with van der Waals surface area (Å²) in [6, 6.07) is 0. The van der Waals surface area contributed by atoms with Crippen molar-refractivity contribution in [3.63, 3.8) is 0 Å². The van der Waals surface area contributed by atoms with E-state index in [1.165, 1.54) is 11.8 Å². The van der Waals surface area contributed by atoms with Crippen molar-refractivity contribution < 1.29 is 14.3 Å². The molecular formula is C14H22N6O3S. The topological polar surface area (TPSA) is 110 Å². The van der Waals surface area contributed by atoms with E-state index in [1.807, 2.05) is 24.6 Å². The summed E-state index contributed by atoms with van der Waals surface area (Å²) in [7, 11) is 1.63. The number of thioether (sulfide) groups is 1. The smallest absolute Gasteiger partial charge is 0.243 e. The van der Waals surface area contributed by atoms with Crippen LogP contribution in [0.2, 0.25) is 0 Å². The van der Waals surface area contributed by atoms with E-state index in [1.54, 1.807) is 11.8 Å². The number of hydrogen-bond acceptors (Lipinski definition) is 7. The van der Waals surface area contributed by atoms with E-state index < -0.39 is 5.91 Å². The van der Waals surface area contributed by atoms with Gasteiger partial charge in [-0.3, -0.25) is 14.0 Å². The summed E-state index contributed by atoms with van der Waals surface area (Å²) in [5, 5.41) is 13.4. The summed E-state index contributed by atoms with van der Waals surface area (Å²) < 4.78 is 14.4. The maximum atomic E-state index is 11.0. The molecule has 0 spiro atoms. The molecule has 2 aromatic rings. The highest BCUT2D eigenvalue weighted by Crippen LogP contribution is 2.30. The van der Waals surface area contributed by atoms with Crippen LogP contribution in [0.15, 0.2) is 11.4 Å². The van der Waals surface area contributed by atoms with E-state index in [0.29, 0.717) is 36.6 Å². The van der Waals surface area contributed by atoms with Gasteiger partial charge in [0.25, 0.3) is 0 Å². The van der Waals surface area contributed by atoms with Gasteiger partial charge in [-0.15, -0.1) is 15.3 Å². The van der Waals surface area contributed by atoms with Gasteiger partial charge in [0.15, 0.2) is 11.0 Å². The quantitative estimate of drug-likeness (QED) is 0.628. The summed E-state index contributed by atoms with van der Waals surface area (Å²) in [6.07, 6.45) is 1.88. The predicted octanol–water partition coefficient (Wildman–Crippen LogP) is 0.784. The second-order valence-electron chi connectivity index (χ2n) is 4.84. The Bertz CT molecular complexity index is 684. The molecule has 24 heavy (non-hydrogen) atoms. The molecule has 2 N–H and O–H groups in total. The van der Waals surface area contributed by atoms with Crippen molar-refractivity contribution in [2.24, 2.45) is 5.73 Å². The minimum Gasteiger partial charge on any atom is -0.476 e. The molecule has 0 unspecified atom stereocenters. The molecule has 0 saturated carbocycles. The first kappa shape index (κ1) is 18.3. The Hall–Kier alpha value is -2.07. The van der Waals surface area contributed by atoms with Gasteiger partial charge < -0.3 is 15.2 Å². The van der Waals surface area contributed by atoms with Crippen molar-refractivity contribution in [3.8, 4) is 17.3 Å². The van der Waals surface area contributed by atoms with Gasteiger partial charge in [0, 0.05) is 19.9 Å². The Morgan fingerprint density at radius 2 is 2.17 bits per heavy atom. The van der Waals surface area contributed by atoms with E-state index in [9.17, 15) is 4.79 Å². The third-order valence-corrected chi connectivity index (χ3v) is 4.14. The molecule has 0 aliphatic carbocycles. The molecule has 132 valence electrons. The third-order valence-electron chi connectivity index (χ3n) is 3.15. The van der Waals surface area contributed by atoms with E-state index in [0.717, 1.165) is 12.1 Å². The Balaban J connectivity index is 2.41. The molecule has 0 atom stereocenters. The van der Waals surface area contributed by atoms with Crippen LogP contribution >= 0.6 is 11.8 Å². The maximum Gasteiger partial charge on any atom is 0.243 e. The second-order valence-corrected chi connectivity index (χ2v) is 5.78. The number of methoxy groups -OCH3 is 1. The monoisotopic (exact) mass is 354 g/mol. The van der Waals surface area contributed by atoms with Gasteiger partial charge in [-0.05, 0) is 13.8 Å². The van der Waals surface area contributed by atoms with Crippen LogP contribution in [-0.2, 0) is 22.6 Å². The van der Waals surface area contributed by atoms with Gasteiger partial charge >= 0.3 is 0 Å². The number of rotatable bonds is 10. The molecule has 2 aromatic heterocycles. The van der Waals surface area contributed by atoms with Crippen molar-refractivity contribution in [1.29, 1.82) is 0 Å². The lowest BCUT2D eigenvalue weighted by Crippen LogP contribution is -2.14. The molecule has 1 amide bonds. The predicted molar refractivity (Wildman–Crippen MR) is 89.9 cm³/mol. The zero-order valence-corrected chi connectivity index (χ0v) is 14.9. The highest BCUT2D eigenvalue weighted by Gasteiger charge is 2.21. The van der Waals surface area contributed by atoms with Gasteiger partial charge in [0.2, 0.25) is 11.8 Å². The zero-order chi connectivity index (χ0) is 17.5. The SMILES string of the molecule is CCOc1nn(CC)cc1-c1nnc(SCC(N)=O)n1CCOC. The average molecular weight is 354 g/mol. The van der Waals surface area contributed by atoms with Crippen LogP contribution in [-0.4, -0.2) is 56.5 Å². The number of aryl methyl sites for hydroxylation is 1. The van der Waals surface area contributed by atoms with Crippen LogP contribution < -0.4 is 10.5 Å². The number of primary amides is 1. The van der Waals surface area contributed by atoms with Gasteiger partial charge in [-0.25, -0.2) is 0 Å². The fourth-order valence-corrected chi connectivity index (χ4v) is 2.78. The van der Waals surface area contributed by atoms with E-state index in [-0.39, 0.29) is 5.75 Å². The molecule has 0 bridgehead atoms. The summed E-state index contributed by atoms with van der Waals surface area (Å²) >= 11 is 1.24. The summed E-state index contributed by atoms with van der Waals surface area (Å²) in [5.74, 6) is 0.869. The first-order valence-corrected chi connectivity index (χ1v) is 8.63. The zero-order valence-electron chi connectivity index (χ0n) is 14.1. The first-order chi connectivity index (χ1) is 11.6. The Labute approximate surface area is 144 Å². The normalized spacial score (nSPS) is 11.0. The number of hydrogen-bond donors (Lipinski definition) is 1. The molecule has 0 aliphatic rings. The lowest BCUT2D eigenvalue weighted by Gasteiger charge is -2.09. The van der Waals surface area contributed by atoms with Crippen LogP contribution in [0.1, 0.15) is 13.8 Å². The van der Waals surface area contributed by atoms with Gasteiger partial charge in [-0.2, -0.15) is 0 Å². The Morgan fingerprint density at radius 1 is 1.38 bits per heavy atom. The van der Waals surface area contributed by atoms with Crippen LogP contribution in [0.5, 0.6) is 5.88 Å². The van der Waals surface area contributed by atoms with Crippen molar-refractivity contribution in [2.75, 3.05) is 26.1 Å². The third kappa shape index (κ3) is 4.26. The highest BCUT2D eigenvalue weighted by atomic mass is 32.2. The van der Waals surface area contributed by atoms with Crippen LogP contribution in [0, 0.1) is 0 Å². The summed E-state index contributed by atoms with van der Waals surface area (Å²) in [4.78, 5) is 11.0. The number of nitrogens with zero attached hydrogens (tertiary/aromatic N) is 5. The van der Waals surface area contributed by atoms with E-state index in [4.69, 9.17) is 15.2 Å². The lowest BCUT2D eigenvalue weighted by molar-refractivity contribution is -0.115. The highest BCUT2D eigenvalue weighted by molar-refractivity contribution is 7.99.